The second-order valence-corrected chi connectivity index (χ2v) is 8.91. The molecule has 6 heteroatoms. The first-order valence-electron chi connectivity index (χ1n) is 8.66. The Balaban J connectivity index is 2.09. The van der Waals surface area contributed by atoms with Crippen molar-refractivity contribution in [2.24, 2.45) is 5.92 Å². The number of aliphatic carboxylic acids is 1. The van der Waals surface area contributed by atoms with E-state index in [0.717, 1.165) is 16.1 Å². The minimum Gasteiger partial charge on any atom is -0.481 e. The van der Waals surface area contributed by atoms with Gasteiger partial charge >= 0.3 is 5.97 Å². The van der Waals surface area contributed by atoms with Gasteiger partial charge in [-0.05, 0) is 23.8 Å². The third-order valence-electron chi connectivity index (χ3n) is 4.12. The number of aryl methyl sites for hydroxylation is 1. The predicted octanol–water partition coefficient (Wildman–Crippen LogP) is 4.86. The molecule has 1 aromatic heterocycles. The van der Waals surface area contributed by atoms with E-state index in [1.54, 1.807) is 6.92 Å². The quantitative estimate of drug-likeness (QED) is 0.757. The Hall–Kier alpha value is -2.21. The molecule has 0 radical (unpaired) electrons. The number of nitrogens with one attached hydrogen (secondary N) is 1. The van der Waals surface area contributed by atoms with Gasteiger partial charge in [-0.15, -0.1) is 11.3 Å². The SMILES string of the molecule is Cc1sc(NC(=O)C[C@H](C)CC(=O)O)nc1-c1ccc(C(C)(C)C)cc1. The topological polar surface area (TPSA) is 79.3 Å². The Morgan fingerprint density at radius 3 is 2.35 bits per heavy atom. The van der Waals surface area contributed by atoms with Gasteiger partial charge in [0.1, 0.15) is 0 Å². The third-order valence-corrected chi connectivity index (χ3v) is 5.01. The highest BCUT2D eigenvalue weighted by molar-refractivity contribution is 7.16. The zero-order chi connectivity index (χ0) is 19.5. The minimum absolute atomic E-state index is 0.0182. The Morgan fingerprint density at radius 2 is 1.81 bits per heavy atom. The summed E-state index contributed by atoms with van der Waals surface area (Å²) in [5.41, 5.74) is 3.24. The number of nitrogens with zero attached hydrogens (tertiary/aromatic N) is 1. The Kier molecular flexibility index (Phi) is 6.18. The van der Waals surface area contributed by atoms with Crippen molar-refractivity contribution in [2.45, 2.75) is 52.9 Å². The fourth-order valence-electron chi connectivity index (χ4n) is 2.70. The van der Waals surface area contributed by atoms with Crippen LogP contribution in [-0.2, 0) is 15.0 Å². The van der Waals surface area contributed by atoms with Crippen molar-refractivity contribution in [1.82, 2.24) is 4.98 Å². The highest BCUT2D eigenvalue weighted by Crippen LogP contribution is 2.32. The van der Waals surface area contributed by atoms with E-state index in [0.29, 0.717) is 5.13 Å². The van der Waals surface area contributed by atoms with Gasteiger partial charge in [-0.25, -0.2) is 4.98 Å². The first-order valence-corrected chi connectivity index (χ1v) is 9.48. The maximum Gasteiger partial charge on any atom is 0.303 e. The van der Waals surface area contributed by atoms with E-state index in [2.05, 4.69) is 55.3 Å². The summed E-state index contributed by atoms with van der Waals surface area (Å²) in [7, 11) is 0. The van der Waals surface area contributed by atoms with Crippen LogP contribution >= 0.6 is 11.3 Å². The Morgan fingerprint density at radius 1 is 1.19 bits per heavy atom. The molecule has 140 valence electrons. The summed E-state index contributed by atoms with van der Waals surface area (Å²) in [4.78, 5) is 28.4. The second kappa shape index (κ2) is 7.99. The molecule has 2 aromatic rings. The lowest BCUT2D eigenvalue weighted by Crippen LogP contribution is -2.16. The number of hydrogen-bond donors (Lipinski definition) is 2. The van der Waals surface area contributed by atoms with Crippen LogP contribution < -0.4 is 5.32 Å². The van der Waals surface area contributed by atoms with E-state index in [4.69, 9.17) is 5.11 Å². The molecule has 1 amide bonds. The van der Waals surface area contributed by atoms with E-state index in [9.17, 15) is 9.59 Å². The molecule has 1 atom stereocenters. The number of carbonyl (C=O) groups is 2. The number of aromatic nitrogens is 1. The van der Waals surface area contributed by atoms with Crippen molar-refractivity contribution in [1.29, 1.82) is 0 Å². The molecular formula is C20H26N2O3S. The van der Waals surface area contributed by atoms with E-state index in [-0.39, 0.29) is 30.1 Å². The molecule has 0 aliphatic heterocycles. The van der Waals surface area contributed by atoms with Gasteiger partial charge in [0, 0.05) is 23.3 Å². The molecule has 2 rings (SSSR count). The molecule has 1 aromatic carbocycles. The number of thiazole rings is 1. The lowest BCUT2D eigenvalue weighted by atomic mass is 9.86. The number of carbonyl (C=O) groups excluding carboxylic acids is 1. The molecule has 0 unspecified atom stereocenters. The minimum atomic E-state index is -0.892. The van der Waals surface area contributed by atoms with Crippen LogP contribution in [0.15, 0.2) is 24.3 Å². The summed E-state index contributed by atoms with van der Waals surface area (Å²) in [6.45, 7) is 10.3. The zero-order valence-corrected chi connectivity index (χ0v) is 16.7. The molecule has 26 heavy (non-hydrogen) atoms. The molecule has 5 nitrogen and oxygen atoms in total. The van der Waals surface area contributed by atoms with Gasteiger partial charge < -0.3 is 10.4 Å². The fourth-order valence-corrected chi connectivity index (χ4v) is 3.55. The average molecular weight is 375 g/mol. The van der Waals surface area contributed by atoms with Crippen molar-refractivity contribution in [3.63, 3.8) is 0 Å². The van der Waals surface area contributed by atoms with Gasteiger partial charge in [0.15, 0.2) is 5.13 Å². The van der Waals surface area contributed by atoms with Gasteiger partial charge in [0.25, 0.3) is 0 Å². The van der Waals surface area contributed by atoms with Crippen LogP contribution in [0.5, 0.6) is 0 Å². The highest BCUT2D eigenvalue weighted by Gasteiger charge is 2.17. The van der Waals surface area contributed by atoms with Crippen molar-refractivity contribution in [2.75, 3.05) is 5.32 Å². The number of benzene rings is 1. The summed E-state index contributed by atoms with van der Waals surface area (Å²) in [5.74, 6) is -1.31. The first-order chi connectivity index (χ1) is 12.1. The smallest absolute Gasteiger partial charge is 0.303 e. The van der Waals surface area contributed by atoms with Gasteiger partial charge in [-0.1, -0.05) is 52.0 Å². The Bertz CT molecular complexity index is 788. The molecule has 0 saturated carbocycles. The largest absolute Gasteiger partial charge is 0.481 e. The molecule has 1 heterocycles. The fraction of sp³-hybridized carbons (Fsp3) is 0.450. The summed E-state index contributed by atoms with van der Waals surface area (Å²) < 4.78 is 0. The first kappa shape index (κ1) is 20.1. The molecule has 0 aliphatic carbocycles. The van der Waals surface area contributed by atoms with Crippen LogP contribution in [-0.4, -0.2) is 22.0 Å². The van der Waals surface area contributed by atoms with Gasteiger partial charge in [0.05, 0.1) is 5.69 Å². The van der Waals surface area contributed by atoms with Crippen LogP contribution in [0.2, 0.25) is 0 Å². The zero-order valence-electron chi connectivity index (χ0n) is 15.9. The van der Waals surface area contributed by atoms with Crippen LogP contribution in [0.1, 0.15) is 51.0 Å². The second-order valence-electron chi connectivity index (χ2n) is 7.71. The number of carboxylic acids is 1. The lowest BCUT2D eigenvalue weighted by Gasteiger charge is -2.19. The maximum atomic E-state index is 12.1. The van der Waals surface area contributed by atoms with Crippen molar-refractivity contribution >= 4 is 28.3 Å². The number of carboxylic acid groups (broad SMARTS) is 1. The monoisotopic (exact) mass is 374 g/mol. The van der Waals surface area contributed by atoms with Gasteiger partial charge in [0.2, 0.25) is 5.91 Å². The summed E-state index contributed by atoms with van der Waals surface area (Å²) in [6, 6.07) is 8.34. The van der Waals surface area contributed by atoms with Crippen LogP contribution in [0, 0.1) is 12.8 Å². The predicted molar refractivity (Wildman–Crippen MR) is 106 cm³/mol. The van der Waals surface area contributed by atoms with Crippen molar-refractivity contribution < 1.29 is 14.7 Å². The number of anilines is 1. The lowest BCUT2D eigenvalue weighted by molar-refractivity contribution is -0.138. The number of amides is 1. The summed E-state index contributed by atoms with van der Waals surface area (Å²) in [6.07, 6.45) is 0.149. The third kappa shape index (κ3) is 5.39. The number of hydrogen-bond acceptors (Lipinski definition) is 4. The summed E-state index contributed by atoms with van der Waals surface area (Å²) >= 11 is 1.43. The molecule has 0 saturated heterocycles. The van der Waals surface area contributed by atoms with Crippen LogP contribution in [0.25, 0.3) is 11.3 Å². The van der Waals surface area contributed by atoms with Crippen molar-refractivity contribution in [3.8, 4) is 11.3 Å². The standard InChI is InChI=1S/C20H26N2O3S/c1-12(11-17(24)25)10-16(23)21-19-22-18(13(2)26-19)14-6-8-15(9-7-14)20(3,4)5/h6-9,12H,10-11H2,1-5H3,(H,24,25)(H,21,22,23)/t12-/m0/s1. The van der Waals surface area contributed by atoms with Gasteiger partial charge in [-0.2, -0.15) is 0 Å². The van der Waals surface area contributed by atoms with E-state index >= 15 is 0 Å². The van der Waals surface area contributed by atoms with Gasteiger partial charge in [-0.3, -0.25) is 9.59 Å². The average Bonchev–Trinajstić information content (AvgIpc) is 2.85. The molecular weight excluding hydrogens is 348 g/mol. The number of rotatable bonds is 6. The van der Waals surface area contributed by atoms with E-state index in [1.165, 1.54) is 16.9 Å². The molecule has 2 N–H and O–H groups in total. The van der Waals surface area contributed by atoms with E-state index < -0.39 is 5.97 Å². The van der Waals surface area contributed by atoms with Crippen LogP contribution in [0.3, 0.4) is 0 Å². The normalized spacial score (nSPS) is 12.7. The van der Waals surface area contributed by atoms with E-state index in [1.807, 2.05) is 6.92 Å². The maximum absolute atomic E-state index is 12.1. The molecule has 0 bridgehead atoms. The molecule has 0 fully saturated rings. The molecule has 0 aliphatic rings. The highest BCUT2D eigenvalue weighted by atomic mass is 32.1. The summed E-state index contributed by atoms with van der Waals surface area (Å²) in [5, 5.41) is 12.1. The molecule has 0 spiro atoms. The van der Waals surface area contributed by atoms with Crippen molar-refractivity contribution in [3.05, 3.63) is 34.7 Å². The Labute approximate surface area is 158 Å². The van der Waals surface area contributed by atoms with Crippen LogP contribution in [0.4, 0.5) is 5.13 Å².